The molecule has 4 nitrogen and oxygen atoms in total. The molecule has 2 unspecified atom stereocenters. The van der Waals surface area contributed by atoms with Gasteiger partial charge in [0.15, 0.2) is 9.84 Å². The van der Waals surface area contributed by atoms with E-state index in [1.165, 1.54) is 0 Å². The molecular weight excluding hydrogens is 280 g/mol. The number of hydrogen-bond donors (Lipinski definition) is 0. The molecule has 2 atom stereocenters. The Labute approximate surface area is 101 Å². The Morgan fingerprint density at radius 1 is 1.44 bits per heavy atom. The largest absolute Gasteiger partial charge is 0.469 e. The molecule has 0 aliphatic carbocycles. The smallest absolute Gasteiger partial charge is 0.390 e. The number of ether oxygens (including phenoxy) is 1. The van der Waals surface area contributed by atoms with E-state index in [9.17, 15) is 30.8 Å². The lowest BCUT2D eigenvalue weighted by Crippen LogP contribution is -2.51. The van der Waals surface area contributed by atoms with E-state index in [4.69, 9.17) is 0 Å². The van der Waals surface area contributed by atoms with Crippen LogP contribution in [0.1, 0.15) is 12.8 Å². The number of sulfone groups is 1. The van der Waals surface area contributed by atoms with Gasteiger partial charge in [0.05, 0.1) is 25.0 Å². The molecule has 1 aliphatic rings. The molecule has 0 saturated carbocycles. The summed E-state index contributed by atoms with van der Waals surface area (Å²) in [5, 5.41) is 0. The van der Waals surface area contributed by atoms with Gasteiger partial charge in [0, 0.05) is 0 Å². The van der Waals surface area contributed by atoms with Crippen molar-refractivity contribution >= 4 is 15.8 Å². The van der Waals surface area contributed by atoms with Gasteiger partial charge in [-0.1, -0.05) is 0 Å². The van der Waals surface area contributed by atoms with E-state index in [0.29, 0.717) is 0 Å². The molecular formula is C9H12F4O4S. The first-order chi connectivity index (χ1) is 8.02. The summed E-state index contributed by atoms with van der Waals surface area (Å²) in [7, 11) is -2.91. The molecule has 18 heavy (non-hydrogen) atoms. The van der Waals surface area contributed by atoms with Crippen molar-refractivity contribution in [3.63, 3.8) is 0 Å². The van der Waals surface area contributed by atoms with Crippen molar-refractivity contribution in [2.24, 2.45) is 5.41 Å². The summed E-state index contributed by atoms with van der Waals surface area (Å²) in [6, 6.07) is 0. The minimum atomic E-state index is -4.78. The van der Waals surface area contributed by atoms with Crippen LogP contribution in [0.25, 0.3) is 0 Å². The van der Waals surface area contributed by atoms with Gasteiger partial charge in [-0.05, 0) is 6.42 Å². The van der Waals surface area contributed by atoms with Gasteiger partial charge >= 0.3 is 12.1 Å². The molecule has 0 bridgehead atoms. The van der Waals surface area contributed by atoms with E-state index in [1.807, 2.05) is 0 Å². The number of esters is 1. The molecule has 9 heteroatoms. The number of rotatable bonds is 2. The van der Waals surface area contributed by atoms with Crippen molar-refractivity contribution in [3.05, 3.63) is 0 Å². The molecule has 1 fully saturated rings. The molecule has 0 aromatic carbocycles. The Kier molecular flexibility index (Phi) is 3.94. The monoisotopic (exact) mass is 292 g/mol. The van der Waals surface area contributed by atoms with Gasteiger partial charge in [-0.15, -0.1) is 0 Å². The predicted octanol–water partition coefficient (Wildman–Crippen LogP) is 1.25. The average molecular weight is 292 g/mol. The molecule has 0 aromatic rings. The van der Waals surface area contributed by atoms with Crippen molar-refractivity contribution in [2.45, 2.75) is 25.2 Å². The van der Waals surface area contributed by atoms with Gasteiger partial charge in [0.2, 0.25) is 0 Å². The maximum atomic E-state index is 13.8. The van der Waals surface area contributed by atoms with Crippen LogP contribution in [0.3, 0.4) is 0 Å². The van der Waals surface area contributed by atoms with Gasteiger partial charge in [-0.25, -0.2) is 12.8 Å². The highest BCUT2D eigenvalue weighted by Crippen LogP contribution is 2.44. The van der Waals surface area contributed by atoms with Crippen LogP contribution in [0.2, 0.25) is 0 Å². The van der Waals surface area contributed by atoms with Gasteiger partial charge in [-0.2, -0.15) is 13.2 Å². The van der Waals surface area contributed by atoms with Crippen LogP contribution < -0.4 is 0 Å². The third-order valence-corrected chi connectivity index (χ3v) is 4.59. The average Bonchev–Trinajstić information content (AvgIpc) is 2.19. The van der Waals surface area contributed by atoms with Crippen LogP contribution >= 0.6 is 0 Å². The Hall–Kier alpha value is -0.860. The lowest BCUT2D eigenvalue weighted by molar-refractivity contribution is -0.189. The lowest BCUT2D eigenvalue weighted by atomic mass is 9.77. The predicted molar refractivity (Wildman–Crippen MR) is 53.3 cm³/mol. The summed E-state index contributed by atoms with van der Waals surface area (Å²) in [5.41, 5.74) is -2.45. The van der Waals surface area contributed by atoms with Crippen LogP contribution in [-0.4, -0.2) is 45.4 Å². The molecule has 0 N–H and O–H groups in total. The van der Waals surface area contributed by atoms with Crippen LogP contribution in [0.5, 0.6) is 0 Å². The molecule has 0 amide bonds. The lowest BCUT2D eigenvalue weighted by Gasteiger charge is -2.37. The maximum Gasteiger partial charge on any atom is 0.390 e. The van der Waals surface area contributed by atoms with Crippen molar-refractivity contribution < 1.29 is 35.5 Å². The van der Waals surface area contributed by atoms with E-state index in [1.54, 1.807) is 0 Å². The van der Waals surface area contributed by atoms with E-state index in [-0.39, 0.29) is 0 Å². The molecule has 1 rings (SSSR count). The van der Waals surface area contributed by atoms with E-state index >= 15 is 0 Å². The fraction of sp³-hybridized carbons (Fsp3) is 0.889. The zero-order valence-electron chi connectivity index (χ0n) is 9.46. The normalized spacial score (nSPS) is 31.9. The van der Waals surface area contributed by atoms with E-state index in [0.717, 1.165) is 7.11 Å². The summed E-state index contributed by atoms with van der Waals surface area (Å²) < 4.78 is 77.6. The van der Waals surface area contributed by atoms with Gasteiger partial charge in [0.1, 0.15) is 11.6 Å². The van der Waals surface area contributed by atoms with Crippen molar-refractivity contribution in [1.29, 1.82) is 0 Å². The zero-order chi connectivity index (χ0) is 14.2. The minimum absolute atomic E-state index is 0.654. The third kappa shape index (κ3) is 3.12. The number of carbonyl (C=O) groups is 1. The number of alkyl halides is 4. The molecule has 0 radical (unpaired) electrons. The highest BCUT2D eigenvalue weighted by Gasteiger charge is 2.57. The zero-order valence-corrected chi connectivity index (χ0v) is 10.3. The fourth-order valence-corrected chi connectivity index (χ4v) is 3.63. The quantitative estimate of drug-likeness (QED) is 0.568. The first kappa shape index (κ1) is 15.2. The van der Waals surface area contributed by atoms with Gasteiger partial charge < -0.3 is 4.74 Å². The highest BCUT2D eigenvalue weighted by molar-refractivity contribution is 7.91. The third-order valence-electron chi connectivity index (χ3n) is 2.97. The summed E-state index contributed by atoms with van der Waals surface area (Å²) in [6.07, 6.45) is -9.63. The number of carbonyl (C=O) groups excluding carboxylic acids is 1. The number of hydrogen-bond acceptors (Lipinski definition) is 4. The standard InChI is InChI=1S/C9H12F4O4S/c1-17-7(14)8(5-9(11,12)13)2-3-18(15,16)4-6(8)10/h6H,2-5H2,1H3. The molecule has 1 saturated heterocycles. The number of halogens is 4. The van der Waals surface area contributed by atoms with Gasteiger partial charge in [0.25, 0.3) is 0 Å². The maximum absolute atomic E-state index is 13.8. The second-order valence-electron chi connectivity index (χ2n) is 4.27. The van der Waals surface area contributed by atoms with Crippen LogP contribution in [-0.2, 0) is 19.4 Å². The van der Waals surface area contributed by atoms with Crippen LogP contribution in [0.15, 0.2) is 0 Å². The van der Waals surface area contributed by atoms with E-state index in [2.05, 4.69) is 4.74 Å². The second kappa shape index (κ2) is 4.67. The van der Waals surface area contributed by atoms with Gasteiger partial charge in [-0.3, -0.25) is 4.79 Å². The number of methoxy groups -OCH3 is 1. The summed E-state index contributed by atoms with van der Waals surface area (Å²) in [5.74, 6) is -3.10. The fourth-order valence-electron chi connectivity index (χ4n) is 2.02. The molecule has 106 valence electrons. The van der Waals surface area contributed by atoms with Crippen LogP contribution in [0.4, 0.5) is 17.6 Å². The summed E-state index contributed by atoms with van der Waals surface area (Å²) in [6.45, 7) is 0. The highest BCUT2D eigenvalue weighted by atomic mass is 32.2. The first-order valence-corrected chi connectivity index (χ1v) is 6.84. The Balaban J connectivity index is 3.11. The minimum Gasteiger partial charge on any atom is -0.469 e. The van der Waals surface area contributed by atoms with Crippen molar-refractivity contribution in [3.8, 4) is 0 Å². The van der Waals surface area contributed by atoms with Crippen molar-refractivity contribution in [1.82, 2.24) is 0 Å². The van der Waals surface area contributed by atoms with Crippen molar-refractivity contribution in [2.75, 3.05) is 18.6 Å². The Morgan fingerprint density at radius 3 is 2.39 bits per heavy atom. The summed E-state index contributed by atoms with van der Waals surface area (Å²) >= 11 is 0. The Bertz CT molecular complexity index is 430. The molecule has 0 aromatic heterocycles. The Morgan fingerprint density at radius 2 is 2.00 bits per heavy atom. The first-order valence-electron chi connectivity index (χ1n) is 5.02. The summed E-state index contributed by atoms with van der Waals surface area (Å²) in [4.78, 5) is 11.4. The van der Waals surface area contributed by atoms with E-state index < -0.39 is 57.9 Å². The molecule has 0 spiro atoms. The van der Waals surface area contributed by atoms with Crippen LogP contribution in [0, 0.1) is 5.41 Å². The molecule has 1 heterocycles. The molecule has 1 aliphatic heterocycles. The SMILES string of the molecule is COC(=O)C1(CC(F)(F)F)CCS(=O)(=O)CC1F. The topological polar surface area (TPSA) is 60.4 Å². The second-order valence-corrected chi connectivity index (χ2v) is 6.50.